The number of allylic oxidation sites excluding steroid dienone is 10. The van der Waals surface area contributed by atoms with Crippen LogP contribution in [0.1, 0.15) is 226 Å². The smallest absolute Gasteiger partial charge is 0.306 e. The summed E-state index contributed by atoms with van der Waals surface area (Å²) in [6.45, 7) is 7.60. The highest BCUT2D eigenvalue weighted by Crippen LogP contribution is 2.14. The lowest BCUT2D eigenvalue weighted by atomic mass is 10.1. The van der Waals surface area contributed by atoms with Crippen molar-refractivity contribution in [3.8, 4) is 0 Å². The molecule has 0 bridgehead atoms. The molecule has 0 aliphatic heterocycles. The topological polar surface area (TPSA) is 61.8 Å². The molecular weight excluding hydrogens is 693 g/mol. The minimum absolute atomic E-state index is 0.0768. The van der Waals surface area contributed by atoms with Crippen LogP contribution in [0.4, 0.5) is 0 Å². The van der Waals surface area contributed by atoms with Crippen LogP contribution in [-0.2, 0) is 23.8 Å². The van der Waals surface area contributed by atoms with Gasteiger partial charge in [0.1, 0.15) is 6.61 Å². The molecule has 0 amide bonds. The molecular formula is C51H90O5. The average Bonchev–Trinajstić information content (AvgIpc) is 3.20. The summed E-state index contributed by atoms with van der Waals surface area (Å²) in [5, 5.41) is 0. The molecule has 0 spiro atoms. The molecule has 0 heterocycles. The SMILES string of the molecule is CC/C=C\C/C=C\C/C=C\CCCCCCCCOCC(COC(=O)CCCCCCCCCCC/C=C\C/C=C\CCCCC)OC(=O)CCCCCCC. The lowest BCUT2D eigenvalue weighted by molar-refractivity contribution is -0.163. The lowest BCUT2D eigenvalue weighted by Crippen LogP contribution is -2.30. The van der Waals surface area contributed by atoms with Gasteiger partial charge in [-0.2, -0.15) is 0 Å². The second-order valence-electron chi connectivity index (χ2n) is 15.6. The van der Waals surface area contributed by atoms with Crippen molar-refractivity contribution in [3.05, 3.63) is 60.8 Å². The summed E-state index contributed by atoms with van der Waals surface area (Å²) >= 11 is 0. The van der Waals surface area contributed by atoms with Crippen LogP contribution in [0.15, 0.2) is 60.8 Å². The molecule has 0 rings (SSSR count). The second-order valence-corrected chi connectivity index (χ2v) is 15.6. The Kier molecular flexibility index (Phi) is 45.0. The quantitative estimate of drug-likeness (QED) is 0.0350. The molecule has 5 heteroatoms. The van der Waals surface area contributed by atoms with E-state index in [-0.39, 0.29) is 25.2 Å². The van der Waals surface area contributed by atoms with E-state index in [1.54, 1.807) is 0 Å². The van der Waals surface area contributed by atoms with Gasteiger partial charge in [-0.3, -0.25) is 9.59 Å². The van der Waals surface area contributed by atoms with Crippen molar-refractivity contribution in [1.82, 2.24) is 0 Å². The van der Waals surface area contributed by atoms with Gasteiger partial charge in [0.2, 0.25) is 0 Å². The Hall–Kier alpha value is -2.40. The van der Waals surface area contributed by atoms with Crippen LogP contribution in [0, 0.1) is 0 Å². The third-order valence-electron chi connectivity index (χ3n) is 10.0. The molecule has 324 valence electrons. The Morgan fingerprint density at radius 2 is 0.804 bits per heavy atom. The van der Waals surface area contributed by atoms with Crippen molar-refractivity contribution in [3.63, 3.8) is 0 Å². The second kappa shape index (κ2) is 47.0. The van der Waals surface area contributed by atoms with Gasteiger partial charge in [0.25, 0.3) is 0 Å². The number of unbranched alkanes of at least 4 members (excludes halogenated alkanes) is 22. The van der Waals surface area contributed by atoms with E-state index < -0.39 is 6.10 Å². The number of carbonyl (C=O) groups excluding carboxylic acids is 2. The fraction of sp³-hybridized carbons (Fsp3) is 0.765. The predicted octanol–water partition coefficient (Wildman–Crippen LogP) is 15.8. The number of ether oxygens (including phenoxy) is 3. The standard InChI is InChI=1S/C51H90O5/c1-4-7-10-13-15-17-19-21-23-25-26-27-28-30-32-34-36-39-41-44-50(52)55-48-49(56-51(53)45-42-38-12-9-6-3)47-54-46-43-40-37-35-33-31-29-24-22-20-18-16-14-11-8-5-2/h8,11,15-18,21-24,49H,4-7,9-10,12-14,19-20,25-48H2,1-3H3/b11-8-,17-15-,18-16-,23-21-,24-22-. The zero-order valence-corrected chi connectivity index (χ0v) is 37.1. The number of rotatable bonds is 43. The molecule has 56 heavy (non-hydrogen) atoms. The van der Waals surface area contributed by atoms with Gasteiger partial charge >= 0.3 is 11.9 Å². The van der Waals surface area contributed by atoms with Gasteiger partial charge in [-0.05, 0) is 83.5 Å². The van der Waals surface area contributed by atoms with Crippen LogP contribution in [0.3, 0.4) is 0 Å². The Morgan fingerprint density at radius 3 is 1.32 bits per heavy atom. The molecule has 0 aliphatic carbocycles. The molecule has 0 N–H and O–H groups in total. The van der Waals surface area contributed by atoms with Gasteiger partial charge in [0.05, 0.1) is 6.61 Å². The third-order valence-corrected chi connectivity index (χ3v) is 10.0. The fourth-order valence-electron chi connectivity index (χ4n) is 6.49. The molecule has 5 nitrogen and oxygen atoms in total. The molecule has 0 aliphatic rings. The number of hydrogen-bond acceptors (Lipinski definition) is 5. The van der Waals surface area contributed by atoms with Crippen LogP contribution >= 0.6 is 0 Å². The van der Waals surface area contributed by atoms with Crippen molar-refractivity contribution >= 4 is 11.9 Å². The van der Waals surface area contributed by atoms with Crippen LogP contribution < -0.4 is 0 Å². The third kappa shape index (κ3) is 44.3. The Labute approximate surface area is 347 Å². The first-order valence-electron chi connectivity index (χ1n) is 23.8. The zero-order chi connectivity index (χ0) is 40.7. The van der Waals surface area contributed by atoms with Crippen LogP contribution in [0.5, 0.6) is 0 Å². The Bertz CT molecular complexity index is 977. The van der Waals surface area contributed by atoms with Gasteiger partial charge in [0, 0.05) is 19.4 Å². The molecule has 0 saturated heterocycles. The van der Waals surface area contributed by atoms with Crippen molar-refractivity contribution < 1.29 is 23.8 Å². The van der Waals surface area contributed by atoms with Gasteiger partial charge in [0.15, 0.2) is 6.10 Å². The monoisotopic (exact) mass is 783 g/mol. The van der Waals surface area contributed by atoms with E-state index in [2.05, 4.69) is 81.5 Å². The largest absolute Gasteiger partial charge is 0.462 e. The summed E-state index contributed by atoms with van der Waals surface area (Å²) in [6.07, 6.45) is 58.2. The van der Waals surface area contributed by atoms with Crippen molar-refractivity contribution in [1.29, 1.82) is 0 Å². The molecule has 0 saturated carbocycles. The Balaban J connectivity index is 4.05. The van der Waals surface area contributed by atoms with E-state index in [1.807, 2.05) is 0 Å². The first-order valence-corrected chi connectivity index (χ1v) is 23.8. The fourth-order valence-corrected chi connectivity index (χ4v) is 6.49. The first kappa shape index (κ1) is 53.6. The van der Waals surface area contributed by atoms with Gasteiger partial charge in [-0.15, -0.1) is 0 Å². The normalized spacial score (nSPS) is 12.7. The summed E-state index contributed by atoms with van der Waals surface area (Å²) in [4.78, 5) is 25.1. The highest BCUT2D eigenvalue weighted by Gasteiger charge is 2.17. The van der Waals surface area contributed by atoms with E-state index in [0.29, 0.717) is 19.4 Å². The molecule has 0 aromatic rings. The van der Waals surface area contributed by atoms with Gasteiger partial charge in [-0.1, -0.05) is 191 Å². The van der Waals surface area contributed by atoms with E-state index in [9.17, 15) is 9.59 Å². The van der Waals surface area contributed by atoms with E-state index in [0.717, 1.165) is 77.0 Å². The molecule has 0 radical (unpaired) electrons. The lowest BCUT2D eigenvalue weighted by Gasteiger charge is -2.18. The summed E-state index contributed by atoms with van der Waals surface area (Å²) in [5.74, 6) is -0.420. The van der Waals surface area contributed by atoms with Crippen molar-refractivity contribution in [2.75, 3.05) is 19.8 Å². The maximum Gasteiger partial charge on any atom is 0.306 e. The highest BCUT2D eigenvalue weighted by atomic mass is 16.6. The average molecular weight is 783 g/mol. The molecule has 0 fully saturated rings. The van der Waals surface area contributed by atoms with E-state index in [4.69, 9.17) is 14.2 Å². The first-order chi connectivity index (χ1) is 27.6. The zero-order valence-electron chi connectivity index (χ0n) is 37.1. The van der Waals surface area contributed by atoms with Crippen LogP contribution in [0.25, 0.3) is 0 Å². The maximum atomic E-state index is 12.6. The highest BCUT2D eigenvalue weighted by molar-refractivity contribution is 5.70. The minimum atomic E-state index is -0.540. The van der Waals surface area contributed by atoms with E-state index in [1.165, 1.54) is 116 Å². The molecule has 0 aromatic carbocycles. The molecule has 1 unspecified atom stereocenters. The predicted molar refractivity (Wildman–Crippen MR) is 242 cm³/mol. The molecule has 0 aromatic heterocycles. The number of hydrogen-bond donors (Lipinski definition) is 0. The summed E-state index contributed by atoms with van der Waals surface area (Å²) in [6, 6.07) is 0. The molecule has 1 atom stereocenters. The van der Waals surface area contributed by atoms with Crippen molar-refractivity contribution in [2.24, 2.45) is 0 Å². The van der Waals surface area contributed by atoms with Gasteiger partial charge < -0.3 is 14.2 Å². The summed E-state index contributed by atoms with van der Waals surface area (Å²) in [5.41, 5.74) is 0. The van der Waals surface area contributed by atoms with Crippen LogP contribution in [0.2, 0.25) is 0 Å². The number of esters is 2. The minimum Gasteiger partial charge on any atom is -0.462 e. The Morgan fingerprint density at radius 1 is 0.411 bits per heavy atom. The van der Waals surface area contributed by atoms with Gasteiger partial charge in [-0.25, -0.2) is 0 Å². The summed E-state index contributed by atoms with van der Waals surface area (Å²) < 4.78 is 17.2. The van der Waals surface area contributed by atoms with Crippen LogP contribution in [-0.4, -0.2) is 37.9 Å². The van der Waals surface area contributed by atoms with Crippen molar-refractivity contribution in [2.45, 2.75) is 232 Å². The summed E-state index contributed by atoms with van der Waals surface area (Å²) in [7, 11) is 0. The maximum absolute atomic E-state index is 12.6. The van der Waals surface area contributed by atoms with E-state index >= 15 is 0 Å². The number of carbonyl (C=O) groups is 2.